The van der Waals surface area contributed by atoms with Crippen LogP contribution in [-0.4, -0.2) is 28.2 Å². The summed E-state index contributed by atoms with van der Waals surface area (Å²) < 4.78 is 45.6. The zero-order chi connectivity index (χ0) is 14.8. The van der Waals surface area contributed by atoms with Gasteiger partial charge in [0.25, 0.3) is 0 Å². The van der Waals surface area contributed by atoms with Gasteiger partial charge in [0, 0.05) is 25.4 Å². The number of halogens is 2. The molecule has 3 N–H and O–H groups in total. The van der Waals surface area contributed by atoms with Crippen molar-refractivity contribution in [3.05, 3.63) is 23.0 Å². The Morgan fingerprint density at radius 2 is 2.05 bits per heavy atom. The molecule has 1 aromatic carbocycles. The normalized spacial score (nSPS) is 17.3. The van der Waals surface area contributed by atoms with E-state index in [1.807, 2.05) is 0 Å². The van der Waals surface area contributed by atoms with Gasteiger partial charge in [0.2, 0.25) is 10.0 Å². The van der Waals surface area contributed by atoms with Gasteiger partial charge in [-0.25, -0.2) is 17.5 Å². The van der Waals surface area contributed by atoms with E-state index in [1.165, 1.54) is 6.07 Å². The van der Waals surface area contributed by atoms with Crippen molar-refractivity contribution in [2.75, 3.05) is 25.5 Å². The summed E-state index contributed by atoms with van der Waals surface area (Å²) in [6.07, 6.45) is 1.56. The Kier molecular flexibility index (Phi) is 4.85. The molecule has 0 bridgehead atoms. The van der Waals surface area contributed by atoms with Crippen LogP contribution in [-0.2, 0) is 14.8 Å². The van der Waals surface area contributed by atoms with Crippen LogP contribution in [0.1, 0.15) is 12.8 Å². The van der Waals surface area contributed by atoms with Gasteiger partial charge in [0.1, 0.15) is 4.90 Å². The second kappa shape index (κ2) is 6.26. The molecule has 0 amide bonds. The fourth-order valence-corrected chi connectivity index (χ4v) is 3.57. The third-order valence-corrected chi connectivity index (χ3v) is 4.91. The number of nitrogens with one attached hydrogen (secondary N) is 1. The Morgan fingerprint density at radius 1 is 1.40 bits per heavy atom. The van der Waals surface area contributed by atoms with Crippen molar-refractivity contribution in [3.8, 4) is 0 Å². The number of hydrogen-bond donors (Lipinski definition) is 2. The minimum Gasteiger partial charge on any atom is -0.399 e. The Morgan fingerprint density at radius 3 is 2.70 bits per heavy atom. The van der Waals surface area contributed by atoms with Crippen molar-refractivity contribution >= 4 is 27.3 Å². The molecule has 1 saturated heterocycles. The Bertz CT molecular complexity index is 589. The summed E-state index contributed by atoms with van der Waals surface area (Å²) in [5, 5.41) is -0.309. The third kappa shape index (κ3) is 3.60. The van der Waals surface area contributed by atoms with Gasteiger partial charge in [-0.3, -0.25) is 0 Å². The highest BCUT2D eigenvalue weighted by atomic mass is 35.5. The Hall–Kier alpha value is -0.890. The average molecular weight is 323 g/mol. The van der Waals surface area contributed by atoms with Crippen LogP contribution in [0.4, 0.5) is 10.1 Å². The molecule has 1 aromatic rings. The van der Waals surface area contributed by atoms with Crippen LogP contribution in [0.5, 0.6) is 0 Å². The maximum Gasteiger partial charge on any atom is 0.243 e. The molecule has 0 aliphatic carbocycles. The molecule has 0 radical (unpaired) electrons. The van der Waals surface area contributed by atoms with Crippen LogP contribution in [0, 0.1) is 11.7 Å². The highest BCUT2D eigenvalue weighted by Crippen LogP contribution is 2.26. The largest absolute Gasteiger partial charge is 0.399 e. The van der Waals surface area contributed by atoms with E-state index in [9.17, 15) is 12.8 Å². The summed E-state index contributed by atoms with van der Waals surface area (Å²) in [7, 11) is -3.97. The quantitative estimate of drug-likeness (QED) is 0.828. The van der Waals surface area contributed by atoms with E-state index in [4.69, 9.17) is 22.1 Å². The first-order valence-corrected chi connectivity index (χ1v) is 8.08. The number of nitrogen functional groups attached to an aromatic ring is 1. The van der Waals surface area contributed by atoms with E-state index >= 15 is 0 Å². The van der Waals surface area contributed by atoms with Crippen molar-refractivity contribution in [1.82, 2.24) is 4.72 Å². The molecule has 5 nitrogen and oxygen atoms in total. The lowest BCUT2D eigenvalue weighted by atomic mass is 10.0. The van der Waals surface area contributed by atoms with Gasteiger partial charge < -0.3 is 10.5 Å². The first kappa shape index (κ1) is 15.5. The van der Waals surface area contributed by atoms with E-state index < -0.39 is 20.7 Å². The number of sulfonamides is 1. The molecule has 2 rings (SSSR count). The molecular weight excluding hydrogens is 307 g/mol. The second-order valence-electron chi connectivity index (χ2n) is 4.72. The molecule has 1 heterocycles. The second-order valence-corrected chi connectivity index (χ2v) is 6.87. The smallest absolute Gasteiger partial charge is 0.243 e. The van der Waals surface area contributed by atoms with Gasteiger partial charge in [0.05, 0.1) is 5.02 Å². The number of benzene rings is 1. The molecule has 20 heavy (non-hydrogen) atoms. The summed E-state index contributed by atoms with van der Waals surface area (Å²) in [5.41, 5.74) is 5.60. The molecule has 1 aliphatic rings. The highest BCUT2D eigenvalue weighted by Gasteiger charge is 2.23. The SMILES string of the molecule is Nc1cc(Cl)c(F)c(S(=O)(=O)NCC2CCOCC2)c1. The Labute approximate surface area is 122 Å². The van der Waals surface area contributed by atoms with E-state index in [1.54, 1.807) is 0 Å². The van der Waals surface area contributed by atoms with Crippen LogP contribution < -0.4 is 10.5 Å². The van der Waals surface area contributed by atoms with Gasteiger partial charge in [-0.15, -0.1) is 0 Å². The minimum atomic E-state index is -3.97. The standard InChI is InChI=1S/C12H16ClFN2O3S/c13-10-5-9(15)6-11(12(10)14)20(17,18)16-7-8-1-3-19-4-2-8/h5-6,8,16H,1-4,7,15H2. The lowest BCUT2D eigenvalue weighted by molar-refractivity contribution is 0.0678. The van der Waals surface area contributed by atoms with Crippen LogP contribution >= 0.6 is 11.6 Å². The van der Waals surface area contributed by atoms with Gasteiger partial charge in [-0.05, 0) is 30.9 Å². The van der Waals surface area contributed by atoms with E-state index in [0.29, 0.717) is 13.2 Å². The molecule has 112 valence electrons. The first-order chi connectivity index (χ1) is 9.40. The summed E-state index contributed by atoms with van der Waals surface area (Å²) in [6, 6.07) is 2.24. The number of nitrogens with two attached hydrogens (primary N) is 1. The Balaban J connectivity index is 2.14. The molecule has 0 spiro atoms. The number of anilines is 1. The molecule has 0 atom stereocenters. The lowest BCUT2D eigenvalue weighted by Crippen LogP contribution is -2.32. The van der Waals surface area contributed by atoms with Crippen molar-refractivity contribution in [2.45, 2.75) is 17.7 Å². The van der Waals surface area contributed by atoms with Gasteiger partial charge in [0.15, 0.2) is 5.82 Å². The summed E-state index contributed by atoms with van der Waals surface area (Å²) in [4.78, 5) is -0.519. The van der Waals surface area contributed by atoms with Crippen LogP contribution in [0.15, 0.2) is 17.0 Å². The predicted octanol–water partition coefficient (Wildman–Crippen LogP) is 1.77. The molecule has 0 unspecified atom stereocenters. The lowest BCUT2D eigenvalue weighted by Gasteiger charge is -2.22. The van der Waals surface area contributed by atoms with E-state index in [-0.39, 0.29) is 23.2 Å². The van der Waals surface area contributed by atoms with Gasteiger partial charge in [-0.1, -0.05) is 11.6 Å². The fourth-order valence-electron chi connectivity index (χ4n) is 2.04. The first-order valence-electron chi connectivity index (χ1n) is 6.22. The molecule has 1 fully saturated rings. The van der Waals surface area contributed by atoms with Gasteiger partial charge in [-0.2, -0.15) is 0 Å². The number of rotatable bonds is 4. The number of ether oxygens (including phenoxy) is 1. The number of hydrogen-bond acceptors (Lipinski definition) is 4. The van der Waals surface area contributed by atoms with Gasteiger partial charge >= 0.3 is 0 Å². The predicted molar refractivity (Wildman–Crippen MR) is 74.6 cm³/mol. The zero-order valence-electron chi connectivity index (χ0n) is 10.7. The highest BCUT2D eigenvalue weighted by molar-refractivity contribution is 7.89. The van der Waals surface area contributed by atoms with Crippen molar-refractivity contribution in [2.24, 2.45) is 5.92 Å². The van der Waals surface area contributed by atoms with Crippen molar-refractivity contribution in [3.63, 3.8) is 0 Å². The van der Waals surface area contributed by atoms with Crippen molar-refractivity contribution < 1.29 is 17.5 Å². The molecule has 8 heteroatoms. The van der Waals surface area contributed by atoms with E-state index in [2.05, 4.69) is 4.72 Å². The average Bonchev–Trinajstić information content (AvgIpc) is 2.42. The maximum atomic E-state index is 13.8. The maximum absolute atomic E-state index is 13.8. The topological polar surface area (TPSA) is 81.4 Å². The van der Waals surface area contributed by atoms with E-state index in [0.717, 1.165) is 18.9 Å². The fraction of sp³-hybridized carbons (Fsp3) is 0.500. The third-order valence-electron chi connectivity index (χ3n) is 3.21. The monoisotopic (exact) mass is 322 g/mol. The molecule has 0 saturated carbocycles. The van der Waals surface area contributed by atoms with Crippen LogP contribution in [0.25, 0.3) is 0 Å². The van der Waals surface area contributed by atoms with Crippen molar-refractivity contribution in [1.29, 1.82) is 0 Å². The molecule has 0 aromatic heterocycles. The summed E-state index contributed by atoms with van der Waals surface area (Å²) in [5.74, 6) is -0.793. The van der Waals surface area contributed by atoms with Crippen LogP contribution in [0.2, 0.25) is 5.02 Å². The summed E-state index contributed by atoms with van der Waals surface area (Å²) >= 11 is 5.61. The minimum absolute atomic E-state index is 0.0999. The summed E-state index contributed by atoms with van der Waals surface area (Å²) in [6.45, 7) is 1.48. The van der Waals surface area contributed by atoms with Crippen LogP contribution in [0.3, 0.4) is 0 Å². The zero-order valence-corrected chi connectivity index (χ0v) is 12.3. The molecule has 1 aliphatic heterocycles. The molecular formula is C12H16ClFN2O3S.